The summed E-state index contributed by atoms with van der Waals surface area (Å²) in [4.78, 5) is 11.9. The second-order valence-electron chi connectivity index (χ2n) is 4.38. The van der Waals surface area contributed by atoms with Crippen molar-refractivity contribution in [2.75, 3.05) is 31.4 Å². The van der Waals surface area contributed by atoms with Gasteiger partial charge in [0.1, 0.15) is 5.75 Å². The van der Waals surface area contributed by atoms with E-state index in [2.05, 4.69) is 16.2 Å². The highest BCUT2D eigenvalue weighted by molar-refractivity contribution is 8.68. The molecule has 3 N–H and O–H groups in total. The fraction of sp³-hybridized carbons (Fsp3) is 0.429. The third-order valence-electron chi connectivity index (χ3n) is 2.60. The lowest BCUT2D eigenvalue weighted by Crippen LogP contribution is -2.44. The molecule has 0 unspecified atom stereocenters. The summed E-state index contributed by atoms with van der Waals surface area (Å²) in [5.41, 5.74) is 3.33. The zero-order valence-corrected chi connectivity index (χ0v) is 17.6. The van der Waals surface area contributed by atoms with Crippen molar-refractivity contribution in [1.29, 1.82) is 0 Å². The van der Waals surface area contributed by atoms with Crippen molar-refractivity contribution in [3.63, 3.8) is 0 Å². The second-order valence-corrected chi connectivity index (χ2v) is 11.1. The van der Waals surface area contributed by atoms with Gasteiger partial charge < -0.3 is 19.1 Å². The number of thiocarbonyl (C=S) groups is 1. The predicted octanol–water partition coefficient (Wildman–Crippen LogP) is 3.04. The van der Waals surface area contributed by atoms with Gasteiger partial charge in [-0.3, -0.25) is 15.6 Å². The quantitative estimate of drug-likeness (QED) is 0.315. The standard InChI is InChI=1S/C14H22N3O4PS3/c1-4-20-22(24,21-5-2)25-10-13(18)16-17-14(23)15-11-8-6-7-9-12(11)19-3/h6-9H,4-5,10H2,1-3H3,(H,16,18)(H2,15,17,23). The molecular formula is C14H22N3O4PS3. The number of carbonyl (C=O) groups excluding carboxylic acids is 1. The first-order valence-corrected chi connectivity index (χ1v) is 12.1. The van der Waals surface area contributed by atoms with Gasteiger partial charge in [-0.05, 0) is 50.0 Å². The van der Waals surface area contributed by atoms with Crippen LogP contribution in [0.15, 0.2) is 24.3 Å². The molecule has 0 radical (unpaired) electrons. The minimum atomic E-state index is -2.49. The van der Waals surface area contributed by atoms with Gasteiger partial charge in [0, 0.05) is 0 Å². The molecule has 0 spiro atoms. The lowest BCUT2D eigenvalue weighted by molar-refractivity contribution is -0.119. The minimum Gasteiger partial charge on any atom is -0.495 e. The Morgan fingerprint density at radius 3 is 2.44 bits per heavy atom. The first-order valence-electron chi connectivity index (χ1n) is 7.46. The van der Waals surface area contributed by atoms with E-state index in [9.17, 15) is 4.79 Å². The smallest absolute Gasteiger partial charge is 0.248 e. The van der Waals surface area contributed by atoms with Crippen LogP contribution in [0.25, 0.3) is 0 Å². The summed E-state index contributed by atoms with van der Waals surface area (Å²) >= 11 is 11.7. The highest BCUT2D eigenvalue weighted by Gasteiger charge is 2.20. The van der Waals surface area contributed by atoms with E-state index in [4.69, 9.17) is 37.8 Å². The molecule has 0 saturated heterocycles. The maximum atomic E-state index is 11.9. The van der Waals surface area contributed by atoms with Gasteiger partial charge in [0.05, 0.1) is 31.8 Å². The highest BCUT2D eigenvalue weighted by atomic mass is 32.9. The third-order valence-corrected chi connectivity index (χ3v) is 8.21. The van der Waals surface area contributed by atoms with Crippen LogP contribution in [0, 0.1) is 0 Å². The molecule has 7 nitrogen and oxygen atoms in total. The Balaban J connectivity index is 2.42. The number of benzene rings is 1. The summed E-state index contributed by atoms with van der Waals surface area (Å²) in [5, 5.41) is 3.17. The van der Waals surface area contributed by atoms with Crippen LogP contribution in [-0.2, 0) is 25.6 Å². The molecule has 0 saturated carbocycles. The van der Waals surface area contributed by atoms with Gasteiger partial charge in [-0.1, -0.05) is 23.5 Å². The Labute approximate surface area is 162 Å². The number of hydrogen-bond donors (Lipinski definition) is 3. The van der Waals surface area contributed by atoms with Crippen LogP contribution in [0.2, 0.25) is 0 Å². The molecule has 1 amide bonds. The van der Waals surface area contributed by atoms with Gasteiger partial charge in [-0.2, -0.15) is 0 Å². The molecule has 0 aliphatic heterocycles. The van der Waals surface area contributed by atoms with Crippen molar-refractivity contribution in [2.24, 2.45) is 0 Å². The van der Waals surface area contributed by atoms with Crippen LogP contribution >= 0.6 is 29.3 Å². The number of ether oxygens (including phenoxy) is 1. The van der Waals surface area contributed by atoms with Gasteiger partial charge in [-0.15, -0.1) is 0 Å². The molecule has 0 aliphatic rings. The summed E-state index contributed by atoms with van der Waals surface area (Å²) in [6.07, 6.45) is 0. The minimum absolute atomic E-state index is 0.0988. The molecule has 0 bridgehead atoms. The predicted molar refractivity (Wildman–Crippen MR) is 110 cm³/mol. The number of nitrogens with one attached hydrogen (secondary N) is 3. The number of hydrazine groups is 1. The van der Waals surface area contributed by atoms with E-state index < -0.39 is 5.69 Å². The average Bonchev–Trinajstić information content (AvgIpc) is 2.59. The molecular weight excluding hydrogens is 401 g/mol. The van der Waals surface area contributed by atoms with E-state index >= 15 is 0 Å². The second kappa shape index (κ2) is 11.7. The van der Waals surface area contributed by atoms with Crippen LogP contribution in [0.5, 0.6) is 5.75 Å². The van der Waals surface area contributed by atoms with Gasteiger partial charge in [0.2, 0.25) is 11.6 Å². The number of amides is 1. The lowest BCUT2D eigenvalue weighted by Gasteiger charge is -2.19. The normalized spacial score (nSPS) is 10.8. The topological polar surface area (TPSA) is 80.9 Å². The molecule has 0 aromatic heterocycles. The lowest BCUT2D eigenvalue weighted by atomic mass is 10.3. The van der Waals surface area contributed by atoms with Gasteiger partial charge in [0.15, 0.2) is 5.11 Å². The van der Waals surface area contributed by atoms with E-state index in [0.29, 0.717) is 24.7 Å². The van der Waals surface area contributed by atoms with Crippen molar-refractivity contribution >= 4 is 57.8 Å². The van der Waals surface area contributed by atoms with Gasteiger partial charge in [0.25, 0.3) is 0 Å². The molecule has 11 heteroatoms. The highest BCUT2D eigenvalue weighted by Crippen LogP contribution is 2.60. The van der Waals surface area contributed by atoms with Crippen molar-refractivity contribution in [2.45, 2.75) is 13.8 Å². The Morgan fingerprint density at radius 1 is 1.20 bits per heavy atom. The average molecular weight is 424 g/mol. The fourth-order valence-corrected chi connectivity index (χ4v) is 6.01. The molecule has 0 atom stereocenters. The zero-order chi connectivity index (χ0) is 18.7. The summed E-state index contributed by atoms with van der Waals surface area (Å²) in [6.45, 7) is 4.56. The van der Waals surface area contributed by atoms with Crippen molar-refractivity contribution in [3.8, 4) is 5.75 Å². The molecule has 0 aliphatic carbocycles. The zero-order valence-electron chi connectivity index (χ0n) is 14.2. The van der Waals surface area contributed by atoms with Gasteiger partial charge in [-0.25, -0.2) is 0 Å². The van der Waals surface area contributed by atoms with Crippen molar-refractivity contribution in [3.05, 3.63) is 24.3 Å². The maximum Gasteiger partial charge on any atom is 0.248 e. The Kier molecular flexibility index (Phi) is 10.3. The van der Waals surface area contributed by atoms with E-state index in [1.165, 1.54) is 11.4 Å². The number of carbonyl (C=O) groups is 1. The Bertz CT molecular complexity index is 623. The van der Waals surface area contributed by atoms with Crippen LogP contribution in [0.3, 0.4) is 0 Å². The SMILES string of the molecule is CCOP(=S)(OCC)SCC(=O)NNC(=S)Nc1ccccc1OC. The molecule has 1 aromatic carbocycles. The summed E-state index contributed by atoms with van der Waals surface area (Å²) in [5.74, 6) is 0.451. The van der Waals surface area contributed by atoms with Crippen molar-refractivity contribution < 1.29 is 18.6 Å². The monoisotopic (exact) mass is 423 g/mol. The fourth-order valence-electron chi connectivity index (χ4n) is 1.63. The first-order chi connectivity index (χ1) is 11.9. The molecule has 1 aromatic rings. The van der Waals surface area contributed by atoms with Crippen LogP contribution in [0.1, 0.15) is 13.8 Å². The van der Waals surface area contributed by atoms with Gasteiger partial charge >= 0.3 is 0 Å². The molecule has 0 heterocycles. The number of rotatable bonds is 9. The first kappa shape index (κ1) is 22.1. The number of hydrogen-bond acceptors (Lipinski definition) is 7. The maximum absolute atomic E-state index is 11.9. The number of para-hydroxylation sites is 2. The number of methoxy groups -OCH3 is 1. The van der Waals surface area contributed by atoms with Crippen LogP contribution in [0.4, 0.5) is 5.69 Å². The summed E-state index contributed by atoms with van der Waals surface area (Å²) in [6, 6.07) is 7.30. The van der Waals surface area contributed by atoms with Crippen LogP contribution in [-0.4, -0.2) is 37.1 Å². The molecule has 140 valence electrons. The number of anilines is 1. The van der Waals surface area contributed by atoms with E-state index in [-0.39, 0.29) is 16.8 Å². The molecule has 25 heavy (non-hydrogen) atoms. The largest absolute Gasteiger partial charge is 0.495 e. The van der Waals surface area contributed by atoms with Crippen molar-refractivity contribution in [1.82, 2.24) is 10.9 Å². The third kappa shape index (κ3) is 8.35. The molecule has 1 rings (SSSR count). The van der Waals surface area contributed by atoms with Crippen LogP contribution < -0.4 is 20.9 Å². The van der Waals surface area contributed by atoms with E-state index in [1.807, 2.05) is 32.0 Å². The Morgan fingerprint density at radius 2 is 1.84 bits per heavy atom. The molecule has 0 fully saturated rings. The summed E-state index contributed by atoms with van der Waals surface area (Å²) in [7, 11) is 1.57. The van der Waals surface area contributed by atoms with E-state index in [1.54, 1.807) is 13.2 Å². The summed E-state index contributed by atoms with van der Waals surface area (Å²) < 4.78 is 16.1. The Hall–Kier alpha value is -0.900. The van der Waals surface area contributed by atoms with E-state index in [0.717, 1.165) is 0 Å².